The van der Waals surface area contributed by atoms with E-state index in [2.05, 4.69) is 0 Å². The van der Waals surface area contributed by atoms with E-state index in [1.54, 1.807) is 0 Å². The van der Waals surface area contributed by atoms with E-state index in [1.807, 2.05) is 0 Å². The smallest absolute Gasteiger partial charge is 0 e. The van der Waals surface area contributed by atoms with Crippen molar-refractivity contribution in [3.05, 3.63) is 0 Å². The fraction of sp³-hybridized carbons (Fsp3) is 0. The van der Waals surface area contributed by atoms with Gasteiger partial charge in [0.15, 0.2) is 0 Å². The van der Waals surface area contributed by atoms with Crippen LogP contribution in [0.5, 0.6) is 0 Å². The standard InChI is InChI=1S/Hg.In.Pb.Zn.5H. The van der Waals surface area contributed by atoms with E-state index in [-0.39, 0.29) is 100 Å². The predicted molar refractivity (Wildman–Crippen MR) is 18.5 cm³/mol. The van der Waals surface area contributed by atoms with Crippen molar-refractivity contribution < 1.29 is 47.1 Å². The van der Waals surface area contributed by atoms with E-state index in [0.717, 1.165) is 0 Å². The van der Waals surface area contributed by atoms with Gasteiger partial charge in [-0.2, -0.15) is 0 Å². The molecule has 0 heterocycles. The minimum absolute atomic E-state index is 0. The summed E-state index contributed by atoms with van der Waals surface area (Å²) in [5, 5.41) is 0. The number of hydrogen-bond donors (Lipinski definition) is 0. The maximum atomic E-state index is 0. The molecular formula is H5HgInPbZn. The molecule has 16 valence electrons. The Labute approximate surface area is 98.1 Å². The van der Waals surface area contributed by atoms with Crippen LogP contribution >= 0.6 is 0 Å². The Balaban J connectivity index is 0. The summed E-state index contributed by atoms with van der Waals surface area (Å²) in [6, 6.07) is 0. The van der Waals surface area contributed by atoms with E-state index in [1.165, 1.54) is 0 Å². The van der Waals surface area contributed by atoms with Crippen LogP contribution in [0.2, 0.25) is 0 Å². The van der Waals surface area contributed by atoms with Gasteiger partial charge in [-0.25, -0.2) is 0 Å². The second kappa shape index (κ2) is 16.2. The van der Waals surface area contributed by atoms with Gasteiger partial charge in [-0.3, -0.25) is 0 Å². The number of hydrogen-bond acceptors (Lipinski definition) is 0. The van der Waals surface area contributed by atoms with Crippen molar-refractivity contribution in [1.29, 1.82) is 0 Å². The molecule has 0 atom stereocenters. The third-order valence-electron chi connectivity index (χ3n) is 0. The predicted octanol–water partition coefficient (Wildman–Crippen LogP) is -2.11. The van der Waals surface area contributed by atoms with Gasteiger partial charge < -0.3 is 0 Å². The van der Waals surface area contributed by atoms with Crippen molar-refractivity contribution in [2.75, 3.05) is 0 Å². The van der Waals surface area contributed by atoms with Gasteiger partial charge in [0.05, 0.1) is 0 Å². The quantitative estimate of drug-likeness (QED) is 0.283. The van der Waals surface area contributed by atoms with Crippen LogP contribution in [-0.2, 0) is 47.1 Å². The first-order chi connectivity index (χ1) is 0. The van der Waals surface area contributed by atoms with Crippen LogP contribution in [0.25, 0.3) is 0 Å². The molecule has 0 N–H and O–H groups in total. The summed E-state index contributed by atoms with van der Waals surface area (Å²) in [4.78, 5) is 0. The average Bonchev–Trinajstić information content (AvgIpc) is 0. The van der Waals surface area contributed by atoms with Crippen LogP contribution in [0.3, 0.4) is 0 Å². The van der Waals surface area contributed by atoms with Crippen LogP contribution < -0.4 is 0 Å². The number of rotatable bonds is 0. The van der Waals surface area contributed by atoms with Crippen molar-refractivity contribution in [2.24, 2.45) is 0 Å². The minimum atomic E-state index is 0. The molecule has 0 saturated carbocycles. The molecule has 0 aliphatic carbocycles. The third-order valence-corrected chi connectivity index (χ3v) is 0. The Morgan fingerprint density at radius 2 is 1.00 bits per heavy atom. The molecule has 0 aliphatic rings. The minimum Gasteiger partial charge on any atom is 0 e. The molecule has 0 aromatic rings. The fourth-order valence-electron chi connectivity index (χ4n) is 0. The first-order valence-corrected chi connectivity index (χ1v) is 0. The molecule has 0 unspecified atom stereocenters. The van der Waals surface area contributed by atoms with Crippen molar-refractivity contribution in [3.63, 3.8) is 0 Å². The monoisotopic (exact) mass is 594 g/mol. The van der Waals surface area contributed by atoms with Gasteiger partial charge in [0.2, 0.25) is 0 Å². The molecule has 4 heavy (non-hydrogen) atoms. The van der Waals surface area contributed by atoms with Crippen LogP contribution in [0.1, 0.15) is 0 Å². The average molecular weight is 593 g/mol. The van der Waals surface area contributed by atoms with Gasteiger partial charge in [-0.1, -0.05) is 0 Å². The summed E-state index contributed by atoms with van der Waals surface area (Å²) in [6.45, 7) is 0. The van der Waals surface area contributed by atoms with Crippen molar-refractivity contribution in [1.82, 2.24) is 0 Å². The molecule has 4 heteroatoms. The van der Waals surface area contributed by atoms with Crippen molar-refractivity contribution in [2.45, 2.75) is 0 Å². The summed E-state index contributed by atoms with van der Waals surface area (Å²) in [5.74, 6) is 0. The van der Waals surface area contributed by atoms with Gasteiger partial charge >= 0.3 is 53.1 Å². The van der Waals surface area contributed by atoms with Gasteiger partial charge in [-0.15, -0.1) is 0 Å². The van der Waals surface area contributed by atoms with Crippen molar-refractivity contribution >= 4 is 53.1 Å². The zero-order valence-corrected chi connectivity index (χ0v) is 16.1. The topological polar surface area (TPSA) is 0 Å². The molecule has 0 aromatic carbocycles. The SMILES string of the molecule is [Hg].[InH3].[PbH2].[Zn]. The second-order valence-corrected chi connectivity index (χ2v) is 0. The molecule has 0 nitrogen and oxygen atoms in total. The van der Waals surface area contributed by atoms with Crippen LogP contribution in [0, 0.1) is 0 Å². The molecule has 0 spiro atoms. The van der Waals surface area contributed by atoms with E-state index in [4.69, 9.17) is 0 Å². The zero-order chi connectivity index (χ0) is 0. The Morgan fingerprint density at radius 1 is 1.00 bits per heavy atom. The first-order valence-electron chi connectivity index (χ1n) is 0. The van der Waals surface area contributed by atoms with Crippen molar-refractivity contribution in [3.8, 4) is 0 Å². The van der Waals surface area contributed by atoms with E-state index in [9.17, 15) is 0 Å². The van der Waals surface area contributed by atoms with E-state index in [0.29, 0.717) is 0 Å². The van der Waals surface area contributed by atoms with Crippen LogP contribution in [0.15, 0.2) is 0 Å². The Bertz CT molecular complexity index is 8.00. The van der Waals surface area contributed by atoms with Gasteiger partial charge in [0.1, 0.15) is 0 Å². The largest absolute Gasteiger partial charge is 0 e. The van der Waals surface area contributed by atoms with Gasteiger partial charge in [-0.05, 0) is 0 Å². The molecule has 0 saturated heterocycles. The maximum absolute atomic E-state index is 0. The molecule has 0 aliphatic heterocycles. The summed E-state index contributed by atoms with van der Waals surface area (Å²) >= 11 is 0. The third kappa shape index (κ3) is 9.02. The second-order valence-electron chi connectivity index (χ2n) is 0. The molecular weight excluding hydrogens is 588 g/mol. The maximum Gasteiger partial charge on any atom is 0 e. The van der Waals surface area contributed by atoms with Crippen LogP contribution in [0.4, 0.5) is 0 Å². The molecule has 0 aromatic heterocycles. The first kappa shape index (κ1) is 26.4. The van der Waals surface area contributed by atoms with Gasteiger partial charge in [0, 0.05) is 47.1 Å². The summed E-state index contributed by atoms with van der Waals surface area (Å²) < 4.78 is 0. The fourth-order valence-corrected chi connectivity index (χ4v) is 0. The van der Waals surface area contributed by atoms with Crippen LogP contribution in [-0.4, -0.2) is 53.1 Å². The normalized spacial score (nSPS) is 0. The van der Waals surface area contributed by atoms with Gasteiger partial charge in [0.25, 0.3) is 0 Å². The zero-order valence-electron chi connectivity index (χ0n) is 2.12. The molecule has 0 bridgehead atoms. The summed E-state index contributed by atoms with van der Waals surface area (Å²) in [7, 11) is 0. The Kier molecular flexibility index (Phi) is 107. The summed E-state index contributed by atoms with van der Waals surface area (Å²) in [5.41, 5.74) is 0. The van der Waals surface area contributed by atoms with E-state index < -0.39 is 0 Å². The molecule has 0 rings (SSSR count). The Hall–Kier alpha value is 3.35. The molecule has 2 radical (unpaired) electrons. The Morgan fingerprint density at radius 3 is 1.00 bits per heavy atom. The molecule has 0 fully saturated rings. The molecule has 0 amide bonds. The summed E-state index contributed by atoms with van der Waals surface area (Å²) in [6.07, 6.45) is 0. The van der Waals surface area contributed by atoms with E-state index >= 15 is 0 Å².